The summed E-state index contributed by atoms with van der Waals surface area (Å²) in [4.78, 5) is 49.0. The average Bonchev–Trinajstić information content (AvgIpc) is 3.39. The van der Waals surface area contributed by atoms with E-state index in [1.165, 1.54) is 0 Å². The van der Waals surface area contributed by atoms with Gasteiger partial charge in [0.25, 0.3) is 5.91 Å². The van der Waals surface area contributed by atoms with Crippen LogP contribution in [0.15, 0.2) is 30.3 Å². The van der Waals surface area contributed by atoms with Gasteiger partial charge in [-0.05, 0) is 31.2 Å². The van der Waals surface area contributed by atoms with E-state index in [0.717, 1.165) is 17.7 Å². The molecule has 0 aromatic heterocycles. The second-order valence-corrected chi connectivity index (χ2v) is 6.55. The van der Waals surface area contributed by atoms with Crippen LogP contribution >= 0.6 is 0 Å². The highest BCUT2D eigenvalue weighted by atomic mass is 16.4. The van der Waals surface area contributed by atoms with Crippen molar-refractivity contribution in [3.63, 3.8) is 0 Å². The number of hydrogen-bond donors (Lipinski definition) is 3. The molecule has 2 atom stereocenters. The highest BCUT2D eigenvalue weighted by Crippen LogP contribution is 2.42. The summed E-state index contributed by atoms with van der Waals surface area (Å²) in [6, 6.07) is 6.35. The van der Waals surface area contributed by atoms with Crippen molar-refractivity contribution in [1.29, 1.82) is 0 Å². The lowest BCUT2D eigenvalue weighted by Crippen LogP contribution is -2.47. The maximum atomic E-state index is 12.5. The van der Waals surface area contributed by atoms with Crippen LogP contribution in [-0.2, 0) is 14.4 Å². The standard InChI is InChI=1S/C17H19N3O5/c1-17(11-7-8-11)15(24)20(16(25)19-17)9-12(21)18-13(14(22)23)10-5-3-2-4-6-10/h2-6,11,13H,7-9H2,1H3,(H,18,21)(H,19,25)(H,22,23)/t13-,17-/m1/s1. The Hall–Kier alpha value is -2.90. The Morgan fingerprint density at radius 1 is 1.32 bits per heavy atom. The Labute approximate surface area is 144 Å². The van der Waals surface area contributed by atoms with Gasteiger partial charge in [0, 0.05) is 0 Å². The zero-order chi connectivity index (χ0) is 18.2. The van der Waals surface area contributed by atoms with Gasteiger partial charge in [0.1, 0.15) is 12.1 Å². The number of carbonyl (C=O) groups is 4. The molecule has 1 aliphatic carbocycles. The van der Waals surface area contributed by atoms with Crippen LogP contribution < -0.4 is 10.6 Å². The van der Waals surface area contributed by atoms with E-state index >= 15 is 0 Å². The first-order chi connectivity index (χ1) is 11.8. The SMILES string of the molecule is C[C@]1(C2CC2)NC(=O)N(CC(=O)N[C@@H](C(=O)O)c2ccccc2)C1=O. The largest absolute Gasteiger partial charge is 0.479 e. The van der Waals surface area contributed by atoms with Gasteiger partial charge in [-0.2, -0.15) is 0 Å². The van der Waals surface area contributed by atoms with Crippen molar-refractivity contribution in [1.82, 2.24) is 15.5 Å². The zero-order valence-electron chi connectivity index (χ0n) is 13.7. The monoisotopic (exact) mass is 345 g/mol. The molecule has 25 heavy (non-hydrogen) atoms. The number of aliphatic carboxylic acids is 1. The van der Waals surface area contributed by atoms with E-state index in [-0.39, 0.29) is 5.92 Å². The van der Waals surface area contributed by atoms with E-state index in [1.807, 2.05) is 0 Å². The van der Waals surface area contributed by atoms with Gasteiger partial charge in [-0.15, -0.1) is 0 Å². The quantitative estimate of drug-likeness (QED) is 0.655. The fourth-order valence-electron chi connectivity index (χ4n) is 3.08. The van der Waals surface area contributed by atoms with Gasteiger partial charge in [0.05, 0.1) is 0 Å². The second kappa shape index (κ2) is 6.19. The topological polar surface area (TPSA) is 116 Å². The molecule has 0 spiro atoms. The van der Waals surface area contributed by atoms with Gasteiger partial charge < -0.3 is 15.7 Å². The summed E-state index contributed by atoms with van der Waals surface area (Å²) in [5.41, 5.74) is -0.563. The summed E-state index contributed by atoms with van der Waals surface area (Å²) >= 11 is 0. The molecule has 4 amide bonds. The molecule has 1 saturated carbocycles. The van der Waals surface area contributed by atoms with Gasteiger partial charge in [0.15, 0.2) is 6.04 Å². The number of carbonyl (C=O) groups excluding carboxylic acids is 3. The first-order valence-corrected chi connectivity index (χ1v) is 8.04. The molecule has 8 nitrogen and oxygen atoms in total. The lowest BCUT2D eigenvalue weighted by Gasteiger charge is -2.21. The molecule has 1 aliphatic heterocycles. The molecular weight excluding hydrogens is 326 g/mol. The minimum Gasteiger partial charge on any atom is -0.479 e. The molecule has 1 heterocycles. The highest BCUT2D eigenvalue weighted by molar-refractivity contribution is 6.09. The van der Waals surface area contributed by atoms with Crippen LogP contribution in [0.5, 0.6) is 0 Å². The van der Waals surface area contributed by atoms with Crippen molar-refractivity contribution in [3.8, 4) is 0 Å². The Morgan fingerprint density at radius 3 is 2.52 bits per heavy atom. The smallest absolute Gasteiger partial charge is 0.330 e. The van der Waals surface area contributed by atoms with Crippen LogP contribution in [-0.4, -0.2) is 45.9 Å². The number of carboxylic acids is 1. The van der Waals surface area contributed by atoms with Crippen LogP contribution in [0.25, 0.3) is 0 Å². The number of hydrogen-bond acceptors (Lipinski definition) is 4. The zero-order valence-corrected chi connectivity index (χ0v) is 13.7. The van der Waals surface area contributed by atoms with E-state index in [0.29, 0.717) is 5.56 Å². The molecule has 0 bridgehead atoms. The van der Waals surface area contributed by atoms with Crippen molar-refractivity contribution in [2.75, 3.05) is 6.54 Å². The van der Waals surface area contributed by atoms with E-state index in [2.05, 4.69) is 10.6 Å². The summed E-state index contributed by atoms with van der Waals surface area (Å²) in [5.74, 6) is -2.28. The predicted octanol–water partition coefficient (Wildman–Crippen LogP) is 0.649. The molecule has 0 radical (unpaired) electrons. The normalized spacial score (nSPS) is 24.0. The van der Waals surface area contributed by atoms with Crippen LogP contribution in [0.4, 0.5) is 4.79 Å². The number of benzene rings is 1. The van der Waals surface area contributed by atoms with Gasteiger partial charge in [-0.25, -0.2) is 9.59 Å². The first kappa shape index (κ1) is 16.9. The molecular formula is C17H19N3O5. The molecule has 2 fully saturated rings. The van der Waals surface area contributed by atoms with E-state index in [1.54, 1.807) is 37.3 Å². The number of amides is 4. The number of nitrogens with one attached hydrogen (secondary N) is 2. The molecule has 1 saturated heterocycles. The Bertz CT molecular complexity index is 731. The summed E-state index contributed by atoms with van der Waals surface area (Å²) < 4.78 is 0. The third-order valence-corrected chi connectivity index (χ3v) is 4.68. The van der Waals surface area contributed by atoms with Crippen molar-refractivity contribution >= 4 is 23.8 Å². The van der Waals surface area contributed by atoms with Gasteiger partial charge in [0.2, 0.25) is 5.91 Å². The number of imide groups is 1. The van der Waals surface area contributed by atoms with Crippen molar-refractivity contribution in [2.24, 2.45) is 5.92 Å². The number of rotatable bonds is 6. The highest BCUT2D eigenvalue weighted by Gasteiger charge is 2.56. The molecule has 3 N–H and O–H groups in total. The molecule has 132 valence electrons. The fourth-order valence-corrected chi connectivity index (χ4v) is 3.08. The van der Waals surface area contributed by atoms with Gasteiger partial charge >= 0.3 is 12.0 Å². The van der Waals surface area contributed by atoms with Gasteiger partial charge in [-0.3, -0.25) is 14.5 Å². The maximum absolute atomic E-state index is 12.5. The maximum Gasteiger partial charge on any atom is 0.330 e. The van der Waals surface area contributed by atoms with Crippen LogP contribution in [0.2, 0.25) is 0 Å². The van der Waals surface area contributed by atoms with E-state index in [9.17, 15) is 24.3 Å². The van der Waals surface area contributed by atoms with Crippen LogP contribution in [0.3, 0.4) is 0 Å². The lowest BCUT2D eigenvalue weighted by atomic mass is 9.96. The van der Waals surface area contributed by atoms with E-state index < -0.39 is 41.9 Å². The number of urea groups is 1. The molecule has 1 aromatic carbocycles. The van der Waals surface area contributed by atoms with Crippen LogP contribution in [0, 0.1) is 5.92 Å². The average molecular weight is 345 g/mol. The van der Waals surface area contributed by atoms with Crippen molar-refractivity contribution in [2.45, 2.75) is 31.3 Å². The second-order valence-electron chi connectivity index (χ2n) is 6.55. The van der Waals surface area contributed by atoms with Crippen molar-refractivity contribution in [3.05, 3.63) is 35.9 Å². The molecule has 0 unspecified atom stereocenters. The minimum atomic E-state index is -1.25. The Kier molecular flexibility index (Phi) is 4.20. The summed E-state index contributed by atoms with van der Waals surface area (Å²) in [7, 11) is 0. The van der Waals surface area contributed by atoms with Gasteiger partial charge in [-0.1, -0.05) is 30.3 Å². The third-order valence-electron chi connectivity index (χ3n) is 4.68. The Morgan fingerprint density at radius 2 is 1.96 bits per heavy atom. The summed E-state index contributed by atoms with van der Waals surface area (Å²) in [6.07, 6.45) is 1.72. The lowest BCUT2D eigenvalue weighted by molar-refractivity contribution is -0.142. The number of nitrogens with zero attached hydrogens (tertiary/aromatic N) is 1. The minimum absolute atomic E-state index is 0.0908. The molecule has 2 aliphatic rings. The number of carboxylic acid groups (broad SMARTS) is 1. The van der Waals surface area contributed by atoms with Crippen molar-refractivity contribution < 1.29 is 24.3 Å². The van der Waals surface area contributed by atoms with Crippen LogP contribution in [0.1, 0.15) is 31.4 Å². The molecule has 8 heteroatoms. The van der Waals surface area contributed by atoms with E-state index in [4.69, 9.17) is 0 Å². The summed E-state index contributed by atoms with van der Waals surface area (Å²) in [5, 5.41) is 14.3. The summed E-state index contributed by atoms with van der Waals surface area (Å²) in [6.45, 7) is 1.15. The fraction of sp³-hybridized carbons (Fsp3) is 0.412. The third kappa shape index (κ3) is 3.19. The predicted molar refractivity (Wildman–Crippen MR) is 86.3 cm³/mol. The first-order valence-electron chi connectivity index (χ1n) is 8.04. The Balaban J connectivity index is 1.68. The molecule has 1 aromatic rings. The molecule has 3 rings (SSSR count).